The number of carbonyl (C=O) groups is 3. The van der Waals surface area contributed by atoms with Gasteiger partial charge in [-0.05, 0) is 48.9 Å². The fraction of sp³-hybridized carbons (Fsp3) is 0.160. The number of rotatable bonds is 5. The standard InChI is InChI=1S/C25H21BrN2O3/c1-17-7-9-19(10-8-17)24(30)27(16-18-5-3-2-4-6-18)22-15-23(29)28(25(22)31)21-13-11-20(26)12-14-21/h2-14,22H,15-16H2,1H3. The van der Waals surface area contributed by atoms with E-state index in [1.165, 1.54) is 9.80 Å². The van der Waals surface area contributed by atoms with Gasteiger partial charge < -0.3 is 4.90 Å². The second kappa shape index (κ2) is 8.86. The molecule has 1 atom stereocenters. The third-order valence-corrected chi connectivity index (χ3v) is 5.87. The minimum atomic E-state index is -0.856. The summed E-state index contributed by atoms with van der Waals surface area (Å²) in [5.74, 6) is -0.969. The summed E-state index contributed by atoms with van der Waals surface area (Å²) in [6, 6.07) is 22.9. The van der Waals surface area contributed by atoms with E-state index < -0.39 is 6.04 Å². The summed E-state index contributed by atoms with van der Waals surface area (Å²) in [6.45, 7) is 2.19. The summed E-state index contributed by atoms with van der Waals surface area (Å²) >= 11 is 3.37. The number of nitrogens with zero attached hydrogens (tertiary/aromatic N) is 2. The highest BCUT2D eigenvalue weighted by Crippen LogP contribution is 2.28. The molecular formula is C25H21BrN2O3. The molecule has 1 saturated heterocycles. The number of hydrogen-bond acceptors (Lipinski definition) is 3. The van der Waals surface area contributed by atoms with Gasteiger partial charge in [-0.3, -0.25) is 14.4 Å². The van der Waals surface area contributed by atoms with E-state index >= 15 is 0 Å². The van der Waals surface area contributed by atoms with Crippen LogP contribution in [-0.4, -0.2) is 28.7 Å². The lowest BCUT2D eigenvalue weighted by atomic mass is 10.1. The zero-order valence-corrected chi connectivity index (χ0v) is 18.6. The van der Waals surface area contributed by atoms with Gasteiger partial charge in [-0.2, -0.15) is 0 Å². The average Bonchev–Trinajstić information content (AvgIpc) is 3.07. The summed E-state index contributed by atoms with van der Waals surface area (Å²) in [5.41, 5.74) is 2.93. The number of imide groups is 1. The molecule has 1 unspecified atom stereocenters. The minimum Gasteiger partial charge on any atom is -0.322 e. The normalized spacial score (nSPS) is 15.9. The number of hydrogen-bond donors (Lipinski definition) is 0. The maximum atomic E-state index is 13.4. The molecule has 3 amide bonds. The Morgan fingerprint density at radius 3 is 2.26 bits per heavy atom. The van der Waals surface area contributed by atoms with Crippen LogP contribution in [0.4, 0.5) is 5.69 Å². The van der Waals surface area contributed by atoms with Crippen LogP contribution in [0.3, 0.4) is 0 Å². The largest absolute Gasteiger partial charge is 0.322 e. The first-order valence-electron chi connectivity index (χ1n) is 9.98. The molecule has 0 bridgehead atoms. The highest BCUT2D eigenvalue weighted by Gasteiger charge is 2.44. The molecular weight excluding hydrogens is 456 g/mol. The summed E-state index contributed by atoms with van der Waals surface area (Å²) in [4.78, 5) is 42.2. The lowest BCUT2D eigenvalue weighted by Crippen LogP contribution is -2.45. The quantitative estimate of drug-likeness (QED) is 0.500. The van der Waals surface area contributed by atoms with E-state index in [0.29, 0.717) is 11.3 Å². The third kappa shape index (κ3) is 4.44. The van der Waals surface area contributed by atoms with Crippen molar-refractivity contribution in [3.63, 3.8) is 0 Å². The number of anilines is 1. The predicted octanol–water partition coefficient (Wildman–Crippen LogP) is 4.73. The number of amides is 3. The van der Waals surface area contributed by atoms with E-state index in [1.54, 1.807) is 36.4 Å². The van der Waals surface area contributed by atoms with Gasteiger partial charge in [0.1, 0.15) is 6.04 Å². The van der Waals surface area contributed by atoms with E-state index in [4.69, 9.17) is 0 Å². The molecule has 6 heteroatoms. The Morgan fingerprint density at radius 1 is 0.968 bits per heavy atom. The van der Waals surface area contributed by atoms with Gasteiger partial charge in [-0.1, -0.05) is 64.0 Å². The molecule has 4 rings (SSSR count). The second-order valence-electron chi connectivity index (χ2n) is 7.55. The van der Waals surface area contributed by atoms with Gasteiger partial charge in [-0.15, -0.1) is 0 Å². The molecule has 0 N–H and O–H groups in total. The van der Waals surface area contributed by atoms with Crippen LogP contribution in [0.1, 0.15) is 27.9 Å². The summed E-state index contributed by atoms with van der Waals surface area (Å²) in [6.07, 6.45) is -0.0423. The Balaban J connectivity index is 1.68. The van der Waals surface area contributed by atoms with Gasteiger partial charge in [0.25, 0.3) is 11.8 Å². The molecule has 3 aromatic rings. The molecule has 5 nitrogen and oxygen atoms in total. The van der Waals surface area contributed by atoms with Crippen molar-refractivity contribution in [2.45, 2.75) is 25.9 Å². The number of carbonyl (C=O) groups excluding carboxylic acids is 3. The molecule has 0 saturated carbocycles. The van der Waals surface area contributed by atoms with Crippen molar-refractivity contribution >= 4 is 39.3 Å². The minimum absolute atomic E-state index is 0.0423. The molecule has 1 aliphatic rings. The van der Waals surface area contributed by atoms with E-state index in [1.807, 2.05) is 49.4 Å². The van der Waals surface area contributed by atoms with E-state index in [9.17, 15) is 14.4 Å². The molecule has 156 valence electrons. The van der Waals surface area contributed by atoms with Crippen LogP contribution in [0, 0.1) is 6.92 Å². The summed E-state index contributed by atoms with van der Waals surface area (Å²) < 4.78 is 0.854. The molecule has 1 fully saturated rings. The average molecular weight is 477 g/mol. The molecule has 31 heavy (non-hydrogen) atoms. The van der Waals surface area contributed by atoms with Gasteiger partial charge in [-0.25, -0.2) is 4.90 Å². The molecule has 1 heterocycles. The fourth-order valence-electron chi connectivity index (χ4n) is 3.69. The summed E-state index contributed by atoms with van der Waals surface area (Å²) in [5, 5.41) is 0. The molecule has 0 radical (unpaired) electrons. The smallest absolute Gasteiger partial charge is 0.257 e. The second-order valence-corrected chi connectivity index (χ2v) is 8.46. The van der Waals surface area contributed by atoms with Crippen molar-refractivity contribution in [3.8, 4) is 0 Å². The summed E-state index contributed by atoms with van der Waals surface area (Å²) in [7, 11) is 0. The predicted molar refractivity (Wildman–Crippen MR) is 123 cm³/mol. The molecule has 3 aromatic carbocycles. The lowest BCUT2D eigenvalue weighted by Gasteiger charge is -2.28. The topological polar surface area (TPSA) is 57.7 Å². The Labute approximate surface area is 189 Å². The van der Waals surface area contributed by atoms with Crippen molar-refractivity contribution < 1.29 is 14.4 Å². The number of aryl methyl sites for hydroxylation is 1. The van der Waals surface area contributed by atoms with Gasteiger partial charge in [0.2, 0.25) is 5.91 Å². The van der Waals surface area contributed by atoms with Crippen molar-refractivity contribution in [2.24, 2.45) is 0 Å². The Morgan fingerprint density at radius 2 is 1.61 bits per heavy atom. The van der Waals surface area contributed by atoms with Crippen LogP contribution in [0.2, 0.25) is 0 Å². The van der Waals surface area contributed by atoms with E-state index in [0.717, 1.165) is 15.6 Å². The Bertz CT molecular complexity index is 1110. The lowest BCUT2D eigenvalue weighted by molar-refractivity contribution is -0.122. The SMILES string of the molecule is Cc1ccc(C(=O)N(Cc2ccccc2)C2CC(=O)N(c3ccc(Br)cc3)C2=O)cc1. The first kappa shape index (κ1) is 21.0. The number of benzene rings is 3. The third-order valence-electron chi connectivity index (χ3n) is 5.34. The maximum Gasteiger partial charge on any atom is 0.257 e. The zero-order valence-electron chi connectivity index (χ0n) is 17.0. The van der Waals surface area contributed by atoms with Crippen LogP contribution >= 0.6 is 15.9 Å². The Hall–Kier alpha value is -3.25. The molecule has 1 aliphatic heterocycles. The highest BCUT2D eigenvalue weighted by molar-refractivity contribution is 9.10. The Kier molecular flexibility index (Phi) is 6.00. The van der Waals surface area contributed by atoms with Crippen molar-refractivity contribution in [2.75, 3.05) is 4.90 Å². The van der Waals surface area contributed by atoms with Crippen LogP contribution in [0.5, 0.6) is 0 Å². The maximum absolute atomic E-state index is 13.4. The van der Waals surface area contributed by atoms with Gasteiger partial charge in [0.15, 0.2) is 0 Å². The van der Waals surface area contributed by atoms with Crippen LogP contribution in [0.25, 0.3) is 0 Å². The zero-order chi connectivity index (χ0) is 22.0. The van der Waals surface area contributed by atoms with Crippen molar-refractivity contribution in [1.29, 1.82) is 0 Å². The van der Waals surface area contributed by atoms with Gasteiger partial charge in [0.05, 0.1) is 12.1 Å². The fourth-order valence-corrected chi connectivity index (χ4v) is 3.95. The van der Waals surface area contributed by atoms with Crippen molar-refractivity contribution in [3.05, 3.63) is 100 Å². The first-order chi connectivity index (χ1) is 14.9. The molecule has 0 aromatic heterocycles. The molecule has 0 spiro atoms. The van der Waals surface area contributed by atoms with Crippen LogP contribution in [-0.2, 0) is 16.1 Å². The van der Waals surface area contributed by atoms with E-state index in [2.05, 4.69) is 15.9 Å². The van der Waals surface area contributed by atoms with Crippen LogP contribution < -0.4 is 4.90 Å². The van der Waals surface area contributed by atoms with Crippen molar-refractivity contribution in [1.82, 2.24) is 4.90 Å². The van der Waals surface area contributed by atoms with Crippen LogP contribution in [0.15, 0.2) is 83.3 Å². The highest BCUT2D eigenvalue weighted by atomic mass is 79.9. The molecule has 0 aliphatic carbocycles. The van der Waals surface area contributed by atoms with E-state index in [-0.39, 0.29) is 30.7 Å². The number of halogens is 1. The van der Waals surface area contributed by atoms with Gasteiger partial charge >= 0.3 is 0 Å². The monoisotopic (exact) mass is 476 g/mol. The van der Waals surface area contributed by atoms with Gasteiger partial charge in [0, 0.05) is 16.6 Å². The first-order valence-corrected chi connectivity index (χ1v) is 10.8.